The van der Waals surface area contributed by atoms with Crippen molar-refractivity contribution in [1.82, 2.24) is 20.3 Å². The van der Waals surface area contributed by atoms with Gasteiger partial charge in [0, 0.05) is 11.6 Å². The van der Waals surface area contributed by atoms with E-state index in [1.165, 1.54) is 18.2 Å². The van der Waals surface area contributed by atoms with Gasteiger partial charge in [-0.15, -0.1) is 5.10 Å². The zero-order chi connectivity index (χ0) is 21.7. The number of hydrogen-bond donors (Lipinski definition) is 1. The van der Waals surface area contributed by atoms with Gasteiger partial charge in [0.15, 0.2) is 0 Å². The molecule has 5 rings (SSSR count). The minimum Gasteiger partial charge on any atom is -0.349 e. The van der Waals surface area contributed by atoms with E-state index in [0.29, 0.717) is 22.2 Å². The fourth-order valence-corrected chi connectivity index (χ4v) is 3.73. The fraction of sp³-hybridized carbons (Fsp3) is 0.208. The normalized spacial score (nSPS) is 13.5. The summed E-state index contributed by atoms with van der Waals surface area (Å²) in [6.07, 6.45) is 1.93. The molecule has 0 saturated heterocycles. The second-order valence-electron chi connectivity index (χ2n) is 8.01. The molecule has 0 unspecified atom stereocenters. The molecule has 31 heavy (non-hydrogen) atoms. The van der Waals surface area contributed by atoms with Crippen LogP contribution in [0.1, 0.15) is 34.3 Å². The molecule has 0 aliphatic heterocycles. The number of nitrogens with one attached hydrogen (secondary N) is 1. The van der Waals surface area contributed by atoms with E-state index < -0.39 is 5.82 Å². The van der Waals surface area contributed by atoms with Gasteiger partial charge in [-0.3, -0.25) is 4.79 Å². The van der Waals surface area contributed by atoms with E-state index in [2.05, 4.69) is 15.6 Å². The van der Waals surface area contributed by atoms with E-state index >= 15 is 0 Å². The summed E-state index contributed by atoms with van der Waals surface area (Å²) < 4.78 is 29.7. The second kappa shape index (κ2) is 7.27. The Balaban J connectivity index is 1.57. The highest BCUT2D eigenvalue weighted by molar-refractivity contribution is 5.96. The van der Waals surface area contributed by atoms with E-state index in [1.54, 1.807) is 23.7 Å². The quantitative estimate of drug-likeness (QED) is 0.514. The highest BCUT2D eigenvalue weighted by Gasteiger charge is 2.24. The number of aromatic nitrogens is 3. The van der Waals surface area contributed by atoms with Gasteiger partial charge in [-0.1, -0.05) is 11.3 Å². The fourth-order valence-electron chi connectivity index (χ4n) is 3.73. The highest BCUT2D eigenvalue weighted by Crippen LogP contribution is 2.30. The number of amides is 1. The van der Waals surface area contributed by atoms with Crippen molar-refractivity contribution >= 4 is 16.9 Å². The number of fused-ring (bicyclic) bond motifs is 1. The van der Waals surface area contributed by atoms with Crippen molar-refractivity contribution in [3.63, 3.8) is 0 Å². The van der Waals surface area contributed by atoms with Crippen LogP contribution in [0.25, 0.3) is 27.8 Å². The molecule has 1 fully saturated rings. The van der Waals surface area contributed by atoms with Gasteiger partial charge >= 0.3 is 0 Å². The minimum absolute atomic E-state index is 0.196. The average molecular weight is 418 g/mol. The molecule has 0 atom stereocenters. The van der Waals surface area contributed by atoms with E-state index in [1.807, 2.05) is 25.1 Å². The van der Waals surface area contributed by atoms with Crippen LogP contribution in [0, 0.1) is 25.5 Å². The van der Waals surface area contributed by atoms with Gasteiger partial charge in [-0.25, -0.2) is 13.5 Å². The molecule has 1 aliphatic rings. The van der Waals surface area contributed by atoms with Crippen molar-refractivity contribution in [3.8, 4) is 16.8 Å². The summed E-state index contributed by atoms with van der Waals surface area (Å²) in [5, 5.41) is 11.4. The highest BCUT2D eigenvalue weighted by atomic mass is 19.1. The first-order valence-electron chi connectivity index (χ1n) is 10.1. The van der Waals surface area contributed by atoms with Crippen LogP contribution in [0.15, 0.2) is 48.5 Å². The Kier molecular flexibility index (Phi) is 4.54. The maximum absolute atomic E-state index is 14.6. The van der Waals surface area contributed by atoms with E-state index in [-0.39, 0.29) is 17.8 Å². The predicted molar refractivity (Wildman–Crippen MR) is 114 cm³/mol. The van der Waals surface area contributed by atoms with Gasteiger partial charge in [-0.05, 0) is 91.4 Å². The van der Waals surface area contributed by atoms with Crippen molar-refractivity contribution in [2.45, 2.75) is 32.7 Å². The van der Waals surface area contributed by atoms with Gasteiger partial charge in [-0.2, -0.15) is 0 Å². The molecule has 0 radical (unpaired) electrons. The molecule has 1 aromatic heterocycles. The molecule has 0 bridgehead atoms. The van der Waals surface area contributed by atoms with Crippen LogP contribution >= 0.6 is 0 Å². The first kappa shape index (κ1) is 19.4. The topological polar surface area (TPSA) is 59.8 Å². The lowest BCUT2D eigenvalue weighted by Gasteiger charge is -2.11. The number of carbonyl (C=O) groups is 1. The average Bonchev–Trinajstić information content (AvgIpc) is 3.46. The Labute approximate surface area is 177 Å². The van der Waals surface area contributed by atoms with Crippen LogP contribution < -0.4 is 5.32 Å². The van der Waals surface area contributed by atoms with Gasteiger partial charge in [0.2, 0.25) is 0 Å². The lowest BCUT2D eigenvalue weighted by atomic mass is 9.97. The summed E-state index contributed by atoms with van der Waals surface area (Å²) in [5.41, 5.74) is 4.98. The molecule has 0 spiro atoms. The Bertz CT molecular complexity index is 1340. The number of aryl methyl sites for hydroxylation is 1. The molecule has 5 nitrogen and oxygen atoms in total. The van der Waals surface area contributed by atoms with Crippen LogP contribution in [-0.2, 0) is 0 Å². The maximum Gasteiger partial charge on any atom is 0.251 e. The van der Waals surface area contributed by atoms with Gasteiger partial charge < -0.3 is 5.32 Å². The Morgan fingerprint density at radius 2 is 1.87 bits per heavy atom. The van der Waals surface area contributed by atoms with Gasteiger partial charge in [0.05, 0.1) is 11.2 Å². The summed E-state index contributed by atoms with van der Waals surface area (Å²) >= 11 is 0. The lowest BCUT2D eigenvalue weighted by Crippen LogP contribution is -2.25. The largest absolute Gasteiger partial charge is 0.349 e. The monoisotopic (exact) mass is 418 g/mol. The zero-order valence-corrected chi connectivity index (χ0v) is 17.1. The second-order valence-corrected chi connectivity index (χ2v) is 8.01. The number of rotatable bonds is 4. The Morgan fingerprint density at radius 1 is 1.06 bits per heavy atom. The van der Waals surface area contributed by atoms with Crippen LogP contribution in [0.2, 0.25) is 0 Å². The maximum atomic E-state index is 14.6. The van der Waals surface area contributed by atoms with Crippen molar-refractivity contribution in [1.29, 1.82) is 0 Å². The molecule has 3 aromatic carbocycles. The van der Waals surface area contributed by atoms with Crippen molar-refractivity contribution in [2.24, 2.45) is 0 Å². The summed E-state index contributed by atoms with van der Waals surface area (Å²) in [6.45, 7) is 3.50. The predicted octanol–water partition coefficient (Wildman–Crippen LogP) is 4.87. The number of hydrogen-bond acceptors (Lipinski definition) is 3. The van der Waals surface area contributed by atoms with Crippen LogP contribution in [0.5, 0.6) is 0 Å². The SMILES string of the molecule is Cc1cc(F)ccc1-n1nnc2cc(-c3cc(C(=O)NC4CC4)cc(F)c3C)ccc21. The minimum atomic E-state index is -0.427. The zero-order valence-electron chi connectivity index (χ0n) is 17.1. The molecule has 1 saturated carbocycles. The van der Waals surface area contributed by atoms with E-state index in [0.717, 1.165) is 35.2 Å². The van der Waals surface area contributed by atoms with Gasteiger partial charge in [0.25, 0.3) is 5.91 Å². The number of nitrogens with zero attached hydrogens (tertiary/aromatic N) is 3. The van der Waals surface area contributed by atoms with E-state index in [9.17, 15) is 13.6 Å². The molecule has 1 aliphatic carbocycles. The molecule has 7 heteroatoms. The third kappa shape index (κ3) is 3.56. The summed E-state index contributed by atoms with van der Waals surface area (Å²) in [6, 6.07) is 13.2. The summed E-state index contributed by atoms with van der Waals surface area (Å²) in [4.78, 5) is 12.4. The molecular formula is C24H20F2N4O. The number of halogens is 2. The molecule has 156 valence electrons. The lowest BCUT2D eigenvalue weighted by molar-refractivity contribution is 0.0950. The first-order valence-corrected chi connectivity index (χ1v) is 10.1. The number of benzene rings is 3. The first-order chi connectivity index (χ1) is 14.9. The molecule has 1 N–H and O–H groups in total. The molecule has 1 amide bonds. The van der Waals surface area contributed by atoms with Crippen LogP contribution in [0.3, 0.4) is 0 Å². The standard InChI is InChI=1S/C24H20F2N4O/c1-13-9-17(25)4-8-22(13)30-23-7-3-15(12-21(23)28-29-30)19-10-16(11-20(26)14(19)2)24(31)27-18-5-6-18/h3-4,7-12,18H,5-6H2,1-2H3,(H,27,31). The molecule has 1 heterocycles. The summed E-state index contributed by atoms with van der Waals surface area (Å²) in [7, 11) is 0. The van der Waals surface area contributed by atoms with Crippen LogP contribution in [0.4, 0.5) is 8.78 Å². The Morgan fingerprint density at radius 3 is 2.61 bits per heavy atom. The molecular weight excluding hydrogens is 398 g/mol. The van der Waals surface area contributed by atoms with Crippen LogP contribution in [-0.4, -0.2) is 26.9 Å². The van der Waals surface area contributed by atoms with Gasteiger partial charge in [0.1, 0.15) is 17.2 Å². The smallest absolute Gasteiger partial charge is 0.251 e. The molecule has 4 aromatic rings. The summed E-state index contributed by atoms with van der Waals surface area (Å²) in [5.74, 6) is -0.998. The van der Waals surface area contributed by atoms with E-state index in [4.69, 9.17) is 0 Å². The third-order valence-corrected chi connectivity index (χ3v) is 5.66. The number of carbonyl (C=O) groups excluding carboxylic acids is 1. The van der Waals surface area contributed by atoms with Crippen molar-refractivity contribution in [3.05, 3.63) is 76.9 Å². The Hall–Kier alpha value is -3.61. The van der Waals surface area contributed by atoms with Crippen molar-refractivity contribution < 1.29 is 13.6 Å². The third-order valence-electron chi connectivity index (χ3n) is 5.66. The van der Waals surface area contributed by atoms with Crippen molar-refractivity contribution in [2.75, 3.05) is 0 Å².